The summed E-state index contributed by atoms with van der Waals surface area (Å²) in [5, 5.41) is 0.512. The van der Waals surface area contributed by atoms with Gasteiger partial charge in [-0.05, 0) is 55.1 Å². The maximum atomic E-state index is 13.1. The number of ether oxygens (including phenoxy) is 2. The molecule has 7 nitrogen and oxygen atoms in total. The number of rotatable bonds is 9. The Hall–Kier alpha value is -4.30. The molecule has 5 rings (SSSR count). The molecule has 2 heterocycles. The Morgan fingerprint density at radius 2 is 1.66 bits per heavy atom. The zero-order chi connectivity index (χ0) is 26.6. The minimum atomic E-state index is -0.458. The Labute approximate surface area is 224 Å². The van der Waals surface area contributed by atoms with Crippen molar-refractivity contribution in [1.82, 2.24) is 9.47 Å². The first-order chi connectivity index (χ1) is 18.4. The van der Waals surface area contributed by atoms with Gasteiger partial charge >= 0.3 is 0 Å². The lowest BCUT2D eigenvalue weighted by Crippen LogP contribution is -2.33. The van der Waals surface area contributed by atoms with E-state index in [0.717, 1.165) is 50.2 Å². The standard InChI is InChI=1S/C30H26N2O5S/c1-20-7-9-21(10-8-20)27(33)19-32-29(34)28(38-30(32)35)17-22-18-31(26-6-4-3-5-25(22)26)15-16-37-24-13-11-23(36-2)12-14-24/h3-14,17-18H,15-16,19H2,1-2H3/b28-17-. The second-order valence-corrected chi connectivity index (χ2v) is 9.87. The van der Waals surface area contributed by atoms with Crippen LogP contribution in [-0.4, -0.2) is 46.7 Å². The summed E-state index contributed by atoms with van der Waals surface area (Å²) in [6.45, 7) is 2.69. The van der Waals surface area contributed by atoms with Crippen LogP contribution in [0.5, 0.6) is 11.5 Å². The maximum absolute atomic E-state index is 13.1. The Balaban J connectivity index is 1.32. The summed E-state index contributed by atoms with van der Waals surface area (Å²) in [6.07, 6.45) is 3.68. The van der Waals surface area contributed by atoms with Gasteiger partial charge in [-0.3, -0.25) is 19.3 Å². The summed E-state index contributed by atoms with van der Waals surface area (Å²) in [7, 11) is 1.62. The number of ketones is 1. The Morgan fingerprint density at radius 1 is 0.947 bits per heavy atom. The van der Waals surface area contributed by atoms with Gasteiger partial charge in [-0.25, -0.2) is 0 Å². The smallest absolute Gasteiger partial charge is 0.293 e. The molecule has 38 heavy (non-hydrogen) atoms. The average molecular weight is 527 g/mol. The lowest BCUT2D eigenvalue weighted by Gasteiger charge is -2.11. The van der Waals surface area contributed by atoms with E-state index in [1.54, 1.807) is 25.3 Å². The van der Waals surface area contributed by atoms with Crippen LogP contribution in [-0.2, 0) is 11.3 Å². The molecule has 1 saturated heterocycles. The lowest BCUT2D eigenvalue weighted by molar-refractivity contribution is -0.122. The number of fused-ring (bicyclic) bond motifs is 1. The van der Waals surface area contributed by atoms with Crippen LogP contribution in [0.2, 0.25) is 0 Å². The second kappa shape index (κ2) is 11.0. The fraction of sp³-hybridized carbons (Fsp3) is 0.167. The Bertz CT molecular complexity index is 1540. The summed E-state index contributed by atoms with van der Waals surface area (Å²) in [4.78, 5) is 39.7. The molecule has 0 aliphatic carbocycles. The second-order valence-electron chi connectivity index (χ2n) is 8.88. The van der Waals surface area contributed by atoms with E-state index in [0.29, 0.717) is 23.6 Å². The molecule has 1 aliphatic rings. The number of imide groups is 1. The maximum Gasteiger partial charge on any atom is 0.293 e. The quantitative estimate of drug-likeness (QED) is 0.198. The van der Waals surface area contributed by atoms with Gasteiger partial charge in [-0.1, -0.05) is 48.0 Å². The summed E-state index contributed by atoms with van der Waals surface area (Å²) >= 11 is 0.854. The number of para-hydroxylation sites is 1. The molecule has 0 spiro atoms. The third-order valence-corrected chi connectivity index (χ3v) is 7.22. The Kier molecular flexibility index (Phi) is 7.33. The van der Waals surface area contributed by atoms with Crippen molar-refractivity contribution in [2.45, 2.75) is 13.5 Å². The molecule has 1 aromatic heterocycles. The third-order valence-electron chi connectivity index (χ3n) is 6.32. The molecule has 0 radical (unpaired) electrons. The first kappa shape index (κ1) is 25.4. The van der Waals surface area contributed by atoms with E-state index in [9.17, 15) is 14.4 Å². The van der Waals surface area contributed by atoms with E-state index < -0.39 is 11.1 Å². The molecule has 1 fully saturated rings. The van der Waals surface area contributed by atoms with Gasteiger partial charge in [0.1, 0.15) is 18.1 Å². The van der Waals surface area contributed by atoms with Gasteiger partial charge in [0.05, 0.1) is 25.1 Å². The summed E-state index contributed by atoms with van der Waals surface area (Å²) in [5.41, 5.74) is 3.31. The highest BCUT2D eigenvalue weighted by Gasteiger charge is 2.36. The van der Waals surface area contributed by atoms with Gasteiger partial charge in [0.15, 0.2) is 5.78 Å². The number of carbonyl (C=O) groups is 3. The number of Topliss-reactive ketones (excluding diaryl/α,β-unsaturated/α-hetero) is 1. The molecule has 8 heteroatoms. The van der Waals surface area contributed by atoms with E-state index >= 15 is 0 Å². The molecule has 2 amide bonds. The summed E-state index contributed by atoms with van der Waals surface area (Å²) in [6, 6.07) is 22.4. The average Bonchev–Trinajstić information content (AvgIpc) is 3.41. The van der Waals surface area contributed by atoms with Crippen molar-refractivity contribution >= 4 is 45.7 Å². The number of benzene rings is 3. The van der Waals surface area contributed by atoms with E-state index in [1.165, 1.54) is 0 Å². The predicted octanol–water partition coefficient (Wildman–Crippen LogP) is 5.96. The monoisotopic (exact) mass is 526 g/mol. The Morgan fingerprint density at radius 3 is 2.39 bits per heavy atom. The third kappa shape index (κ3) is 5.35. The van der Waals surface area contributed by atoms with Crippen molar-refractivity contribution in [3.05, 3.63) is 101 Å². The van der Waals surface area contributed by atoms with Gasteiger partial charge in [0.25, 0.3) is 11.1 Å². The minimum absolute atomic E-state index is 0.276. The van der Waals surface area contributed by atoms with Crippen molar-refractivity contribution in [2.75, 3.05) is 20.3 Å². The molecular formula is C30H26N2O5S. The molecular weight excluding hydrogens is 500 g/mol. The van der Waals surface area contributed by atoms with E-state index in [1.807, 2.05) is 73.8 Å². The molecule has 4 aromatic rings. The van der Waals surface area contributed by atoms with Crippen LogP contribution < -0.4 is 9.47 Å². The molecule has 0 unspecified atom stereocenters. The molecule has 0 atom stereocenters. The van der Waals surface area contributed by atoms with Crippen molar-refractivity contribution in [3.63, 3.8) is 0 Å². The van der Waals surface area contributed by atoms with E-state index in [-0.39, 0.29) is 12.3 Å². The molecule has 1 aliphatic heterocycles. The number of carbonyl (C=O) groups excluding carboxylic acids is 3. The zero-order valence-electron chi connectivity index (χ0n) is 21.0. The number of aromatic nitrogens is 1. The number of hydrogen-bond acceptors (Lipinski definition) is 6. The largest absolute Gasteiger partial charge is 0.497 e. The molecule has 3 aromatic carbocycles. The van der Waals surface area contributed by atoms with Gasteiger partial charge in [-0.2, -0.15) is 0 Å². The van der Waals surface area contributed by atoms with Crippen molar-refractivity contribution < 1.29 is 23.9 Å². The van der Waals surface area contributed by atoms with Crippen LogP contribution in [0, 0.1) is 6.92 Å². The van der Waals surface area contributed by atoms with E-state index in [4.69, 9.17) is 9.47 Å². The fourth-order valence-electron chi connectivity index (χ4n) is 4.26. The van der Waals surface area contributed by atoms with Crippen LogP contribution >= 0.6 is 11.8 Å². The van der Waals surface area contributed by atoms with Crippen LogP contribution in [0.1, 0.15) is 21.5 Å². The molecule has 0 bridgehead atoms. The highest BCUT2D eigenvalue weighted by molar-refractivity contribution is 8.18. The topological polar surface area (TPSA) is 77.8 Å². The highest BCUT2D eigenvalue weighted by atomic mass is 32.2. The van der Waals surface area contributed by atoms with Crippen molar-refractivity contribution in [3.8, 4) is 11.5 Å². The van der Waals surface area contributed by atoms with Gasteiger partial charge in [-0.15, -0.1) is 0 Å². The van der Waals surface area contributed by atoms with Crippen LogP contribution in [0.4, 0.5) is 4.79 Å². The normalized spacial score (nSPS) is 14.5. The first-order valence-electron chi connectivity index (χ1n) is 12.1. The van der Waals surface area contributed by atoms with Crippen LogP contribution in [0.3, 0.4) is 0 Å². The summed E-state index contributed by atoms with van der Waals surface area (Å²) < 4.78 is 13.1. The van der Waals surface area contributed by atoms with Crippen molar-refractivity contribution in [1.29, 1.82) is 0 Å². The van der Waals surface area contributed by atoms with Crippen molar-refractivity contribution in [2.24, 2.45) is 0 Å². The predicted molar refractivity (Wildman–Crippen MR) is 149 cm³/mol. The number of hydrogen-bond donors (Lipinski definition) is 0. The zero-order valence-corrected chi connectivity index (χ0v) is 21.9. The van der Waals surface area contributed by atoms with Crippen LogP contribution in [0.25, 0.3) is 17.0 Å². The molecule has 192 valence electrons. The van der Waals surface area contributed by atoms with Gasteiger partial charge in [0.2, 0.25) is 0 Å². The van der Waals surface area contributed by atoms with Gasteiger partial charge < -0.3 is 14.0 Å². The number of aryl methyl sites for hydroxylation is 1. The number of amides is 2. The molecule has 0 N–H and O–H groups in total. The van der Waals surface area contributed by atoms with Gasteiger partial charge in [0, 0.05) is 28.2 Å². The van der Waals surface area contributed by atoms with Crippen LogP contribution in [0.15, 0.2) is 83.9 Å². The minimum Gasteiger partial charge on any atom is -0.497 e. The number of nitrogens with zero attached hydrogens (tertiary/aromatic N) is 2. The lowest BCUT2D eigenvalue weighted by atomic mass is 10.1. The van der Waals surface area contributed by atoms with E-state index in [2.05, 4.69) is 4.57 Å². The number of methoxy groups -OCH3 is 1. The molecule has 0 saturated carbocycles. The first-order valence-corrected chi connectivity index (χ1v) is 12.9. The summed E-state index contributed by atoms with van der Waals surface area (Å²) in [5.74, 6) is 0.779. The fourth-order valence-corrected chi connectivity index (χ4v) is 5.09. The SMILES string of the molecule is COc1ccc(OCCn2cc(/C=C3\SC(=O)N(CC(=O)c4ccc(C)cc4)C3=O)c3ccccc32)cc1. The number of thioether (sulfide) groups is 1. The highest BCUT2D eigenvalue weighted by Crippen LogP contribution is 2.34.